The topological polar surface area (TPSA) is 71.4 Å². The van der Waals surface area contributed by atoms with Gasteiger partial charge >= 0.3 is 5.97 Å². The molecule has 0 radical (unpaired) electrons. The Morgan fingerprint density at radius 2 is 1.81 bits per heavy atom. The molecule has 2 atom stereocenters. The number of anilines is 1. The number of nitrogens with zero attached hydrogens (tertiary/aromatic N) is 3. The van der Waals surface area contributed by atoms with E-state index in [-0.39, 0.29) is 18.1 Å². The van der Waals surface area contributed by atoms with Crippen molar-refractivity contribution in [2.24, 2.45) is 0 Å². The zero-order valence-electron chi connectivity index (χ0n) is 20.6. The van der Waals surface area contributed by atoms with Crippen LogP contribution in [0.5, 0.6) is 0 Å². The number of carbonyl (C=O) groups is 1. The number of para-hydroxylation sites is 2. The minimum atomic E-state index is -0.375. The van der Waals surface area contributed by atoms with Gasteiger partial charge in [0.25, 0.3) is 0 Å². The predicted molar refractivity (Wildman–Crippen MR) is 149 cm³/mol. The first-order chi connectivity index (χ1) is 18.2. The highest BCUT2D eigenvalue weighted by Gasteiger charge is 2.41. The number of nitrogens with one attached hydrogen (secondary N) is 2. The third kappa shape index (κ3) is 5.20. The van der Waals surface area contributed by atoms with E-state index in [1.807, 2.05) is 66.9 Å². The van der Waals surface area contributed by atoms with Crippen molar-refractivity contribution in [2.45, 2.75) is 18.5 Å². The maximum absolute atomic E-state index is 12.6. The molecule has 4 aromatic rings. The second kappa shape index (κ2) is 11.3. The van der Waals surface area contributed by atoms with Gasteiger partial charge in [-0.2, -0.15) is 0 Å². The number of hydrogen-bond acceptors (Lipinski definition) is 5. The highest BCUT2D eigenvalue weighted by atomic mass is 32.1. The number of carbonyl (C=O) groups excluding carboxylic acids is 1. The Morgan fingerprint density at radius 1 is 1.03 bits per heavy atom. The van der Waals surface area contributed by atoms with Gasteiger partial charge in [-0.25, -0.2) is 4.79 Å². The molecule has 2 N–H and O–H groups in total. The summed E-state index contributed by atoms with van der Waals surface area (Å²) in [4.78, 5) is 19.4. The van der Waals surface area contributed by atoms with E-state index in [0.29, 0.717) is 10.7 Å². The van der Waals surface area contributed by atoms with Crippen LogP contribution in [-0.2, 0) is 4.74 Å². The highest BCUT2D eigenvalue weighted by Crippen LogP contribution is 2.40. The van der Waals surface area contributed by atoms with Gasteiger partial charge in [0.1, 0.15) is 0 Å². The van der Waals surface area contributed by atoms with Crippen LogP contribution in [0.2, 0.25) is 0 Å². The minimum Gasteiger partial charge on any atom is -0.465 e. The van der Waals surface area contributed by atoms with Crippen molar-refractivity contribution >= 4 is 29.0 Å². The van der Waals surface area contributed by atoms with E-state index < -0.39 is 0 Å². The first kappa shape index (κ1) is 24.5. The number of hydrogen-bond donors (Lipinski definition) is 2. The van der Waals surface area contributed by atoms with Crippen molar-refractivity contribution in [3.8, 4) is 5.69 Å². The molecule has 1 aliphatic heterocycles. The summed E-state index contributed by atoms with van der Waals surface area (Å²) in [6.45, 7) is 1.57. The van der Waals surface area contributed by atoms with Crippen molar-refractivity contribution in [3.05, 3.63) is 114 Å². The zero-order chi connectivity index (χ0) is 25.6. The molecule has 0 spiro atoms. The lowest BCUT2D eigenvalue weighted by atomic mass is 10.0. The summed E-state index contributed by atoms with van der Waals surface area (Å²) in [6, 6.07) is 27.4. The largest absolute Gasteiger partial charge is 0.465 e. The van der Waals surface area contributed by atoms with Crippen LogP contribution in [0, 0.1) is 0 Å². The molecule has 1 fully saturated rings. The molecule has 0 saturated carbocycles. The molecule has 0 amide bonds. The van der Waals surface area contributed by atoms with E-state index in [1.165, 1.54) is 7.11 Å². The average molecular weight is 512 g/mol. The molecule has 1 aliphatic rings. The van der Waals surface area contributed by atoms with Crippen molar-refractivity contribution in [1.82, 2.24) is 19.8 Å². The molecule has 5 rings (SSSR count). The van der Waals surface area contributed by atoms with Crippen LogP contribution in [0.25, 0.3) is 5.69 Å². The maximum Gasteiger partial charge on any atom is 0.339 e. The smallest absolute Gasteiger partial charge is 0.339 e. The van der Waals surface area contributed by atoms with Gasteiger partial charge in [0.15, 0.2) is 5.11 Å². The fourth-order valence-corrected chi connectivity index (χ4v) is 5.16. The number of benzene rings is 2. The van der Waals surface area contributed by atoms with Gasteiger partial charge in [0, 0.05) is 36.9 Å². The molecule has 0 aliphatic carbocycles. The van der Waals surface area contributed by atoms with E-state index in [0.717, 1.165) is 42.3 Å². The highest BCUT2D eigenvalue weighted by molar-refractivity contribution is 7.80. The number of esters is 1. The Kier molecular flexibility index (Phi) is 7.46. The Labute approximate surface area is 222 Å². The minimum absolute atomic E-state index is 0.125. The van der Waals surface area contributed by atoms with Gasteiger partial charge in [-0.15, -0.1) is 0 Å². The van der Waals surface area contributed by atoms with E-state index in [1.54, 1.807) is 12.3 Å². The summed E-state index contributed by atoms with van der Waals surface area (Å²) < 4.78 is 7.11. The first-order valence-corrected chi connectivity index (χ1v) is 12.7. The SMILES string of the molecule is COC(=O)c1ccccc1-n1cccc1[C@@H]1[C@@H](c2ccccn2)NC(=S)N1CCCNc1ccccc1. The van der Waals surface area contributed by atoms with Crippen LogP contribution in [0.3, 0.4) is 0 Å². The molecule has 188 valence electrons. The van der Waals surface area contributed by atoms with Crippen molar-refractivity contribution in [1.29, 1.82) is 0 Å². The molecule has 1 saturated heterocycles. The number of methoxy groups -OCH3 is 1. The van der Waals surface area contributed by atoms with Gasteiger partial charge in [-0.05, 0) is 67.2 Å². The van der Waals surface area contributed by atoms with Gasteiger partial charge in [-0.1, -0.05) is 36.4 Å². The van der Waals surface area contributed by atoms with E-state index in [9.17, 15) is 4.79 Å². The summed E-state index contributed by atoms with van der Waals surface area (Å²) in [5, 5.41) is 7.68. The standard InChI is InChI=1S/C29H29N5O2S/c1-36-28(35)22-13-5-6-15-24(22)33-19-9-16-25(33)27-26(23-14-7-8-17-31-23)32-29(37)34(27)20-10-18-30-21-11-3-2-4-12-21/h2-9,11-17,19,26-27,30H,10,18,20H2,1H3,(H,32,37)/t26-,27-/m1/s1. The molecule has 0 unspecified atom stereocenters. The lowest BCUT2D eigenvalue weighted by Gasteiger charge is -2.29. The molecular weight excluding hydrogens is 482 g/mol. The third-order valence-corrected chi connectivity index (χ3v) is 6.88. The quantitative estimate of drug-likeness (QED) is 0.183. The summed E-state index contributed by atoms with van der Waals surface area (Å²) in [5.41, 5.74) is 4.28. The van der Waals surface area contributed by atoms with E-state index >= 15 is 0 Å². The van der Waals surface area contributed by atoms with Crippen LogP contribution >= 0.6 is 12.2 Å². The third-order valence-electron chi connectivity index (χ3n) is 6.53. The monoisotopic (exact) mass is 511 g/mol. The number of ether oxygens (including phenoxy) is 1. The maximum atomic E-state index is 12.6. The summed E-state index contributed by atoms with van der Waals surface area (Å²) >= 11 is 5.84. The van der Waals surface area contributed by atoms with E-state index in [2.05, 4.69) is 43.3 Å². The second-order valence-electron chi connectivity index (χ2n) is 8.78. The number of rotatable bonds is 9. The summed E-state index contributed by atoms with van der Waals surface area (Å²) in [5.74, 6) is -0.375. The van der Waals surface area contributed by atoms with Gasteiger partial charge in [-0.3, -0.25) is 4.98 Å². The molecule has 37 heavy (non-hydrogen) atoms. The first-order valence-electron chi connectivity index (χ1n) is 12.3. The summed E-state index contributed by atoms with van der Waals surface area (Å²) in [7, 11) is 1.40. The van der Waals surface area contributed by atoms with Crippen molar-refractivity contribution < 1.29 is 9.53 Å². The summed E-state index contributed by atoms with van der Waals surface area (Å²) in [6.07, 6.45) is 4.67. The Balaban J connectivity index is 1.47. The van der Waals surface area contributed by atoms with Gasteiger partial charge in [0.2, 0.25) is 0 Å². The Hall–Kier alpha value is -4.17. The number of pyridine rings is 1. The fourth-order valence-electron chi connectivity index (χ4n) is 4.83. The number of thiocarbonyl (C=S) groups is 1. The lowest BCUT2D eigenvalue weighted by Crippen LogP contribution is -2.32. The fraction of sp³-hybridized carbons (Fsp3) is 0.207. The molecule has 7 nitrogen and oxygen atoms in total. The lowest BCUT2D eigenvalue weighted by molar-refractivity contribution is 0.0600. The van der Waals surface area contributed by atoms with Crippen LogP contribution in [0.4, 0.5) is 5.69 Å². The van der Waals surface area contributed by atoms with Crippen LogP contribution in [0.15, 0.2) is 97.3 Å². The van der Waals surface area contributed by atoms with E-state index in [4.69, 9.17) is 17.0 Å². The second-order valence-corrected chi connectivity index (χ2v) is 9.16. The molecule has 0 bridgehead atoms. The van der Waals surface area contributed by atoms with Gasteiger partial charge in [0.05, 0.1) is 36.1 Å². The average Bonchev–Trinajstić information content (AvgIpc) is 3.56. The van der Waals surface area contributed by atoms with Crippen LogP contribution in [0.1, 0.15) is 40.3 Å². The van der Waals surface area contributed by atoms with Crippen LogP contribution in [-0.4, -0.2) is 45.7 Å². The molecule has 2 aromatic carbocycles. The predicted octanol–water partition coefficient (Wildman–Crippen LogP) is 5.13. The Bertz CT molecular complexity index is 1360. The molecule has 3 heterocycles. The van der Waals surface area contributed by atoms with Crippen LogP contribution < -0.4 is 10.6 Å². The molecule has 8 heteroatoms. The van der Waals surface area contributed by atoms with Gasteiger partial charge < -0.3 is 24.8 Å². The number of aromatic nitrogens is 2. The normalized spacial score (nSPS) is 16.9. The molecule has 2 aromatic heterocycles. The van der Waals surface area contributed by atoms with Crippen molar-refractivity contribution in [2.75, 3.05) is 25.5 Å². The molecular formula is C29H29N5O2S. The van der Waals surface area contributed by atoms with Crippen molar-refractivity contribution in [3.63, 3.8) is 0 Å². The zero-order valence-corrected chi connectivity index (χ0v) is 21.4. The Morgan fingerprint density at radius 3 is 2.59 bits per heavy atom.